The van der Waals surface area contributed by atoms with Gasteiger partial charge >= 0.3 is 0 Å². The van der Waals surface area contributed by atoms with E-state index in [4.69, 9.17) is 16.3 Å². The van der Waals surface area contributed by atoms with Crippen molar-refractivity contribution in [2.75, 3.05) is 11.9 Å². The Hall–Kier alpha value is -4.68. The van der Waals surface area contributed by atoms with Gasteiger partial charge in [-0.25, -0.2) is 0 Å². The van der Waals surface area contributed by atoms with Gasteiger partial charge in [0.25, 0.3) is 0 Å². The van der Waals surface area contributed by atoms with E-state index in [1.807, 2.05) is 78.7 Å². The van der Waals surface area contributed by atoms with Crippen LogP contribution in [0, 0.1) is 5.92 Å². The van der Waals surface area contributed by atoms with Crippen LogP contribution in [0.1, 0.15) is 56.8 Å². The molecule has 3 aliphatic rings. The van der Waals surface area contributed by atoms with Gasteiger partial charge in [-0.3, -0.25) is 14.4 Å². The van der Waals surface area contributed by atoms with E-state index >= 15 is 0 Å². The third-order valence-corrected chi connectivity index (χ3v) is 9.20. The molecule has 214 valence electrons. The number of amides is 1. The van der Waals surface area contributed by atoms with Crippen molar-refractivity contribution in [1.82, 2.24) is 4.90 Å². The van der Waals surface area contributed by atoms with Crippen molar-refractivity contribution in [3.63, 3.8) is 0 Å². The normalized spacial score (nSPS) is 23.0. The number of carbonyl (C=O) groups excluding carboxylic acids is 3. The van der Waals surface area contributed by atoms with Gasteiger partial charge in [-0.05, 0) is 59.5 Å². The molecule has 0 saturated carbocycles. The van der Waals surface area contributed by atoms with Gasteiger partial charge in [0, 0.05) is 17.5 Å². The Morgan fingerprint density at radius 2 is 1.58 bits per heavy atom. The number of anilines is 1. The van der Waals surface area contributed by atoms with Crippen LogP contribution in [0.3, 0.4) is 0 Å². The van der Waals surface area contributed by atoms with Gasteiger partial charge in [-0.15, -0.1) is 0 Å². The maximum absolute atomic E-state index is 14.9. The number of para-hydroxylation sites is 2. The van der Waals surface area contributed by atoms with Crippen LogP contribution < -0.4 is 10.1 Å². The molecule has 3 aliphatic heterocycles. The topological polar surface area (TPSA) is 75.7 Å². The summed E-state index contributed by atoms with van der Waals surface area (Å²) >= 11 is 6.64. The van der Waals surface area contributed by atoms with Crippen molar-refractivity contribution in [3.8, 4) is 5.75 Å². The molecule has 7 rings (SSSR count). The van der Waals surface area contributed by atoms with Crippen LogP contribution in [0.25, 0.3) is 6.08 Å². The van der Waals surface area contributed by atoms with Crippen molar-refractivity contribution in [1.29, 1.82) is 0 Å². The molecule has 4 aromatic carbocycles. The molecule has 1 spiro atoms. The summed E-state index contributed by atoms with van der Waals surface area (Å²) < 4.78 is 6.01. The zero-order chi connectivity index (χ0) is 29.7. The molecule has 43 heavy (non-hydrogen) atoms. The summed E-state index contributed by atoms with van der Waals surface area (Å²) in [5, 5.41) is 3.34. The Balaban J connectivity index is 1.53. The van der Waals surface area contributed by atoms with E-state index in [0.29, 0.717) is 29.2 Å². The Bertz CT molecular complexity index is 1820. The van der Waals surface area contributed by atoms with Crippen molar-refractivity contribution in [2.24, 2.45) is 5.92 Å². The van der Waals surface area contributed by atoms with Crippen LogP contribution in [0.2, 0.25) is 5.02 Å². The number of nitrogens with one attached hydrogen (secondary N) is 1. The van der Waals surface area contributed by atoms with Crippen molar-refractivity contribution >= 4 is 40.8 Å². The first-order chi connectivity index (χ1) is 21.0. The van der Waals surface area contributed by atoms with E-state index in [2.05, 4.69) is 5.32 Å². The molecule has 7 heteroatoms. The largest absolute Gasteiger partial charge is 0.493 e. The van der Waals surface area contributed by atoms with Crippen molar-refractivity contribution in [2.45, 2.75) is 30.8 Å². The number of Topliss-reactive ketones (excluding diaryl/α,β-unsaturated/α-hetero) is 2. The summed E-state index contributed by atoms with van der Waals surface area (Å²) in [6.07, 6.45) is 4.58. The first kappa shape index (κ1) is 27.2. The molecule has 0 aliphatic carbocycles. The van der Waals surface area contributed by atoms with E-state index in [1.54, 1.807) is 42.5 Å². The van der Waals surface area contributed by atoms with Crippen molar-refractivity contribution in [3.05, 3.63) is 136 Å². The molecular formula is C36H29ClN2O4. The predicted molar refractivity (Wildman–Crippen MR) is 166 cm³/mol. The minimum absolute atomic E-state index is 0.271. The molecule has 3 heterocycles. The maximum Gasteiger partial charge on any atom is 0.238 e. The van der Waals surface area contributed by atoms with Gasteiger partial charge in [0.15, 0.2) is 11.6 Å². The van der Waals surface area contributed by atoms with Gasteiger partial charge in [-0.1, -0.05) is 85.3 Å². The Morgan fingerprint density at radius 1 is 0.884 bits per heavy atom. The number of ketones is 2. The summed E-state index contributed by atoms with van der Waals surface area (Å²) in [5.41, 5.74) is 2.35. The van der Waals surface area contributed by atoms with Gasteiger partial charge in [0.05, 0.1) is 29.2 Å². The predicted octanol–water partition coefficient (Wildman–Crippen LogP) is 7.11. The molecule has 4 aromatic rings. The Kier molecular flexibility index (Phi) is 6.66. The molecule has 0 unspecified atom stereocenters. The molecular weight excluding hydrogens is 560 g/mol. The van der Waals surface area contributed by atoms with Gasteiger partial charge in [0.2, 0.25) is 5.91 Å². The lowest BCUT2D eigenvalue weighted by molar-refractivity contribution is -0.122. The van der Waals surface area contributed by atoms with Gasteiger partial charge in [-0.2, -0.15) is 0 Å². The monoisotopic (exact) mass is 588 g/mol. The average molecular weight is 589 g/mol. The summed E-state index contributed by atoms with van der Waals surface area (Å²) in [6.45, 7) is 2.44. The number of rotatable bonds is 7. The number of halogens is 1. The second kappa shape index (κ2) is 10.5. The van der Waals surface area contributed by atoms with E-state index in [9.17, 15) is 14.4 Å². The number of nitrogens with zero attached hydrogens (tertiary/aromatic N) is 1. The van der Waals surface area contributed by atoms with Crippen LogP contribution in [0.4, 0.5) is 5.69 Å². The van der Waals surface area contributed by atoms with E-state index in [-0.39, 0.29) is 28.1 Å². The summed E-state index contributed by atoms with van der Waals surface area (Å²) in [6, 6.07) is 27.6. The van der Waals surface area contributed by atoms with Gasteiger partial charge in [0.1, 0.15) is 17.2 Å². The number of carbonyl (C=O) groups is 3. The van der Waals surface area contributed by atoms with Gasteiger partial charge < -0.3 is 15.0 Å². The quantitative estimate of drug-likeness (QED) is 0.233. The second-order valence-electron chi connectivity index (χ2n) is 11.1. The molecule has 0 aromatic heterocycles. The number of hydrogen-bond acceptors (Lipinski definition) is 5. The number of benzene rings is 4. The molecule has 6 nitrogen and oxygen atoms in total. The van der Waals surface area contributed by atoms with E-state index in [0.717, 1.165) is 17.5 Å². The zero-order valence-electron chi connectivity index (χ0n) is 23.5. The highest BCUT2D eigenvalue weighted by Crippen LogP contribution is 2.62. The second-order valence-corrected chi connectivity index (χ2v) is 11.5. The molecule has 1 N–H and O–H groups in total. The van der Waals surface area contributed by atoms with E-state index < -0.39 is 23.4 Å². The zero-order valence-corrected chi connectivity index (χ0v) is 24.3. The van der Waals surface area contributed by atoms with E-state index in [1.165, 1.54) is 0 Å². The fourth-order valence-electron chi connectivity index (χ4n) is 7.16. The van der Waals surface area contributed by atoms with Crippen molar-refractivity contribution < 1.29 is 19.1 Å². The molecule has 1 amide bonds. The summed E-state index contributed by atoms with van der Waals surface area (Å²) in [4.78, 5) is 46.4. The fraction of sp³-hybridized carbons (Fsp3) is 0.194. The lowest BCUT2D eigenvalue weighted by Crippen LogP contribution is -2.49. The molecule has 4 atom stereocenters. The molecule has 1 fully saturated rings. The minimum atomic E-state index is -1.42. The third kappa shape index (κ3) is 3.97. The maximum atomic E-state index is 14.9. The SMILES string of the molecule is CCCOc1ccccc1C(=O)[C@@H]1[C@H](C(=O)c2ccccc2Cl)[C@]2(C(=O)Nc3ccccc32)[C@H]2c3ccccc3C=CN12. The molecule has 0 radical (unpaired) electrons. The number of hydrogen-bond donors (Lipinski definition) is 1. The third-order valence-electron chi connectivity index (χ3n) is 8.88. The molecule has 1 saturated heterocycles. The summed E-state index contributed by atoms with van der Waals surface area (Å²) in [5.74, 6) is -1.62. The van der Waals surface area contributed by atoms with Crippen LogP contribution in [0.15, 0.2) is 103 Å². The standard InChI is InChI=1S/C36H29ClN2O4/c1-2-21-43-29-18-10-6-14-25(29)33(41)31-30(32(40)24-13-5-8-16-27(24)37)36(26-15-7-9-17-28(26)38-35(36)42)34-23-12-4-3-11-22(23)19-20-39(31)34/h3-20,30-31,34H,2,21H2,1H3,(H,38,42)/t30-,31+,34-,36+/m1/s1. The summed E-state index contributed by atoms with van der Waals surface area (Å²) in [7, 11) is 0. The lowest BCUT2D eigenvalue weighted by atomic mass is 9.62. The highest BCUT2D eigenvalue weighted by molar-refractivity contribution is 6.34. The number of ether oxygens (including phenoxy) is 1. The smallest absolute Gasteiger partial charge is 0.238 e. The Morgan fingerprint density at radius 3 is 2.40 bits per heavy atom. The van der Waals surface area contributed by atoms with Crippen LogP contribution in [0.5, 0.6) is 5.75 Å². The lowest BCUT2D eigenvalue weighted by Gasteiger charge is -2.38. The number of fused-ring (bicyclic) bond motifs is 6. The molecule has 0 bridgehead atoms. The first-order valence-electron chi connectivity index (χ1n) is 14.5. The van der Waals surface area contributed by atoms with Crippen LogP contribution in [-0.4, -0.2) is 35.0 Å². The highest BCUT2D eigenvalue weighted by Gasteiger charge is 2.71. The van der Waals surface area contributed by atoms with Crippen LogP contribution in [-0.2, 0) is 10.2 Å². The Labute approximate surface area is 254 Å². The fourth-order valence-corrected chi connectivity index (χ4v) is 7.39. The highest BCUT2D eigenvalue weighted by atomic mass is 35.5. The van der Waals surface area contributed by atoms with Crippen LogP contribution >= 0.6 is 11.6 Å². The minimum Gasteiger partial charge on any atom is -0.493 e. The average Bonchev–Trinajstić information content (AvgIpc) is 3.52. The first-order valence-corrected chi connectivity index (χ1v) is 14.9.